The van der Waals surface area contributed by atoms with Gasteiger partial charge in [-0.2, -0.15) is 10.5 Å². The molecular formula is C52H42N4. The molecule has 4 heteroatoms. The van der Waals surface area contributed by atoms with Gasteiger partial charge < -0.3 is 9.80 Å². The van der Waals surface area contributed by atoms with Gasteiger partial charge in [-0.05, 0) is 115 Å². The van der Waals surface area contributed by atoms with E-state index in [-0.39, 0.29) is 0 Å². The second-order valence-electron chi connectivity index (χ2n) is 14.1. The van der Waals surface area contributed by atoms with Crippen molar-refractivity contribution in [2.75, 3.05) is 38.0 Å². The molecule has 0 spiro atoms. The molecular weight excluding hydrogens is 681 g/mol. The van der Waals surface area contributed by atoms with Gasteiger partial charge in [0.1, 0.15) is 0 Å². The van der Waals surface area contributed by atoms with E-state index in [0.717, 1.165) is 78.1 Å². The summed E-state index contributed by atoms with van der Waals surface area (Å²) >= 11 is 0. The zero-order chi connectivity index (χ0) is 39.0. The predicted molar refractivity (Wildman–Crippen MR) is 237 cm³/mol. The summed E-state index contributed by atoms with van der Waals surface area (Å²) in [5.41, 5.74) is 15.2. The second-order valence-corrected chi connectivity index (χ2v) is 14.1. The highest BCUT2D eigenvalue weighted by atomic mass is 15.1. The average molecular weight is 723 g/mol. The molecule has 0 bridgehead atoms. The summed E-state index contributed by atoms with van der Waals surface area (Å²) in [6.07, 6.45) is 3.98. The van der Waals surface area contributed by atoms with Crippen LogP contribution in [0.5, 0.6) is 0 Å². The van der Waals surface area contributed by atoms with Crippen LogP contribution in [0.1, 0.15) is 22.3 Å². The second kappa shape index (κ2) is 16.7. The van der Waals surface area contributed by atoms with Crippen LogP contribution >= 0.6 is 0 Å². The monoisotopic (exact) mass is 722 g/mol. The Morgan fingerprint density at radius 2 is 0.696 bits per heavy atom. The SMILES string of the molecule is CN(C)c1ccc(-c2cc(/C=C(\C#N)c3ccc(-c4ccccc4)cc3)c(-c3ccc(N(C)C)cc3)cc2/C=C(\C#N)c2ccc(-c3ccccc3)cc2)cc1. The molecule has 0 aliphatic carbocycles. The third kappa shape index (κ3) is 8.22. The number of hydrogen-bond acceptors (Lipinski definition) is 4. The largest absolute Gasteiger partial charge is 0.378 e. The summed E-state index contributed by atoms with van der Waals surface area (Å²) < 4.78 is 0. The van der Waals surface area contributed by atoms with Gasteiger partial charge >= 0.3 is 0 Å². The summed E-state index contributed by atoms with van der Waals surface area (Å²) in [6.45, 7) is 0. The first-order valence-electron chi connectivity index (χ1n) is 18.6. The van der Waals surface area contributed by atoms with Crippen LogP contribution in [0.25, 0.3) is 67.8 Å². The van der Waals surface area contributed by atoms with Gasteiger partial charge in [0, 0.05) is 39.6 Å². The molecule has 7 aromatic carbocycles. The van der Waals surface area contributed by atoms with E-state index in [4.69, 9.17) is 0 Å². The topological polar surface area (TPSA) is 54.1 Å². The molecule has 0 amide bonds. The van der Waals surface area contributed by atoms with Gasteiger partial charge in [-0.25, -0.2) is 0 Å². The molecule has 0 unspecified atom stereocenters. The summed E-state index contributed by atoms with van der Waals surface area (Å²) in [4.78, 5) is 4.16. The van der Waals surface area contributed by atoms with Gasteiger partial charge in [0.05, 0.1) is 23.3 Å². The lowest BCUT2D eigenvalue weighted by molar-refractivity contribution is 1.13. The van der Waals surface area contributed by atoms with E-state index >= 15 is 0 Å². The number of rotatable bonds is 10. The van der Waals surface area contributed by atoms with Gasteiger partial charge in [0.15, 0.2) is 0 Å². The van der Waals surface area contributed by atoms with Crippen LogP contribution in [-0.4, -0.2) is 28.2 Å². The minimum absolute atomic E-state index is 0.559. The highest BCUT2D eigenvalue weighted by Gasteiger charge is 2.15. The van der Waals surface area contributed by atoms with Gasteiger partial charge in [-0.3, -0.25) is 0 Å². The molecule has 0 fully saturated rings. The van der Waals surface area contributed by atoms with Crippen molar-refractivity contribution in [3.05, 3.63) is 192 Å². The molecule has 0 atom stereocenters. The number of benzene rings is 7. The molecule has 0 radical (unpaired) electrons. The quantitative estimate of drug-likeness (QED) is 0.104. The minimum Gasteiger partial charge on any atom is -0.378 e. The first kappa shape index (κ1) is 36.9. The van der Waals surface area contributed by atoms with Crippen molar-refractivity contribution in [1.82, 2.24) is 0 Å². The highest BCUT2D eigenvalue weighted by Crippen LogP contribution is 2.38. The van der Waals surface area contributed by atoms with Crippen LogP contribution in [0.4, 0.5) is 11.4 Å². The van der Waals surface area contributed by atoms with E-state index in [2.05, 4.69) is 131 Å². The normalized spacial score (nSPS) is 11.4. The van der Waals surface area contributed by atoms with E-state index < -0.39 is 0 Å². The Balaban J connectivity index is 1.41. The fourth-order valence-corrected chi connectivity index (χ4v) is 6.87. The van der Waals surface area contributed by atoms with E-state index in [1.165, 1.54) is 0 Å². The van der Waals surface area contributed by atoms with E-state index in [1.807, 2.05) is 101 Å². The van der Waals surface area contributed by atoms with Gasteiger partial charge in [-0.1, -0.05) is 133 Å². The van der Waals surface area contributed by atoms with Crippen molar-refractivity contribution >= 4 is 34.7 Å². The molecule has 0 saturated heterocycles. The fourth-order valence-electron chi connectivity index (χ4n) is 6.87. The van der Waals surface area contributed by atoms with Crippen LogP contribution in [0.15, 0.2) is 170 Å². The number of nitrogens with zero attached hydrogens (tertiary/aromatic N) is 4. The van der Waals surface area contributed by atoms with Gasteiger partial charge in [-0.15, -0.1) is 0 Å². The Morgan fingerprint density at radius 3 is 1.00 bits per heavy atom. The Bertz CT molecular complexity index is 2400. The van der Waals surface area contributed by atoms with Crippen LogP contribution in [0.2, 0.25) is 0 Å². The first-order valence-corrected chi connectivity index (χ1v) is 18.6. The van der Waals surface area contributed by atoms with Crippen LogP contribution < -0.4 is 9.80 Å². The van der Waals surface area contributed by atoms with Gasteiger partial charge in [0.2, 0.25) is 0 Å². The maximum absolute atomic E-state index is 10.6. The molecule has 4 nitrogen and oxygen atoms in total. The minimum atomic E-state index is 0.559. The smallest absolute Gasteiger partial charge is 0.0998 e. The maximum Gasteiger partial charge on any atom is 0.0998 e. The molecule has 0 heterocycles. The molecule has 270 valence electrons. The summed E-state index contributed by atoms with van der Waals surface area (Å²) in [5, 5.41) is 21.2. The van der Waals surface area contributed by atoms with E-state index in [9.17, 15) is 10.5 Å². The Kier molecular flexibility index (Phi) is 11.0. The lowest BCUT2D eigenvalue weighted by Gasteiger charge is -2.18. The van der Waals surface area contributed by atoms with Crippen molar-refractivity contribution in [3.8, 4) is 56.6 Å². The molecule has 0 aliphatic rings. The number of anilines is 2. The van der Waals surface area contributed by atoms with Crippen molar-refractivity contribution in [2.45, 2.75) is 0 Å². The van der Waals surface area contributed by atoms with E-state index in [0.29, 0.717) is 11.1 Å². The number of allylic oxidation sites excluding steroid dienone is 2. The lowest BCUT2D eigenvalue weighted by atomic mass is 9.88. The number of hydrogen-bond donors (Lipinski definition) is 0. The summed E-state index contributed by atoms with van der Waals surface area (Å²) in [5.74, 6) is 0. The lowest BCUT2D eigenvalue weighted by Crippen LogP contribution is -2.08. The molecule has 7 aromatic rings. The molecule has 56 heavy (non-hydrogen) atoms. The zero-order valence-corrected chi connectivity index (χ0v) is 32.1. The van der Waals surface area contributed by atoms with Crippen molar-refractivity contribution in [1.29, 1.82) is 10.5 Å². The maximum atomic E-state index is 10.6. The third-order valence-electron chi connectivity index (χ3n) is 10.1. The summed E-state index contributed by atoms with van der Waals surface area (Å²) in [7, 11) is 8.11. The van der Waals surface area contributed by atoms with E-state index in [1.54, 1.807) is 0 Å². The van der Waals surface area contributed by atoms with Crippen molar-refractivity contribution < 1.29 is 0 Å². The average Bonchev–Trinajstić information content (AvgIpc) is 3.25. The molecule has 0 aromatic heterocycles. The predicted octanol–water partition coefficient (Wildman–Crippen LogP) is 12.6. The van der Waals surface area contributed by atoms with Crippen molar-refractivity contribution in [2.24, 2.45) is 0 Å². The molecule has 0 saturated carbocycles. The van der Waals surface area contributed by atoms with Crippen LogP contribution in [-0.2, 0) is 0 Å². The fraction of sp³-hybridized carbons (Fsp3) is 0.0769. The highest BCUT2D eigenvalue weighted by molar-refractivity contribution is 5.99. The third-order valence-corrected chi connectivity index (χ3v) is 10.1. The molecule has 0 aliphatic heterocycles. The standard InChI is InChI=1S/C52H42N4/c1-55(2)49-27-23-43(24-28-49)51-33-46(32-48(36-54)42-21-17-40(18-22-42)38-13-9-6-10-14-38)52(44-25-29-50(30-26-44)56(3)4)34-45(51)31-47(35-53)41-19-15-39(16-20-41)37-11-7-5-8-12-37/h5-34H,1-4H3/b47-31+,48-32+. The van der Waals surface area contributed by atoms with Crippen molar-refractivity contribution in [3.63, 3.8) is 0 Å². The van der Waals surface area contributed by atoms with Crippen LogP contribution in [0, 0.1) is 22.7 Å². The molecule has 0 N–H and O–H groups in total. The first-order chi connectivity index (χ1) is 27.3. The van der Waals surface area contributed by atoms with Gasteiger partial charge in [0.25, 0.3) is 0 Å². The molecule has 7 rings (SSSR count). The number of nitriles is 2. The van der Waals surface area contributed by atoms with Crippen LogP contribution in [0.3, 0.4) is 0 Å². The Morgan fingerprint density at radius 1 is 0.393 bits per heavy atom. The Labute approximate surface area is 330 Å². The Hall–Kier alpha value is -7.40. The zero-order valence-electron chi connectivity index (χ0n) is 32.1. The summed E-state index contributed by atoms with van der Waals surface area (Å²) in [6, 6.07) is 63.0.